The van der Waals surface area contributed by atoms with Gasteiger partial charge in [0.25, 0.3) is 0 Å². The Labute approximate surface area is 150 Å². The number of hydrogen-bond donors (Lipinski definition) is 3. The van der Waals surface area contributed by atoms with Gasteiger partial charge < -0.3 is 17.6 Å². The molecule has 2 amide bonds. The molecule has 4 N–H and O–H groups in total. The van der Waals surface area contributed by atoms with E-state index in [9.17, 15) is 14.4 Å². The van der Waals surface area contributed by atoms with Crippen LogP contribution in [0.3, 0.4) is 0 Å². The van der Waals surface area contributed by atoms with Crippen LogP contribution >= 0.6 is 0 Å². The van der Waals surface area contributed by atoms with Gasteiger partial charge in [0.1, 0.15) is 6.04 Å². The number of carboxylic acids is 1. The summed E-state index contributed by atoms with van der Waals surface area (Å²) in [6, 6.07) is -1.22. The molecule has 118 valence electrons. The predicted octanol–water partition coefficient (Wildman–Crippen LogP) is -1.31. The zero-order valence-electron chi connectivity index (χ0n) is 14.2. The molecular weight excluding hydrogens is 283 g/mol. The van der Waals surface area contributed by atoms with Crippen LogP contribution in [-0.4, -0.2) is 28.9 Å². The number of primary amides is 1. The van der Waals surface area contributed by atoms with Crippen molar-refractivity contribution < 1.29 is 50.5 Å². The number of nitrogens with one attached hydrogen (secondary N) is 1. The van der Waals surface area contributed by atoms with E-state index in [-0.39, 0.29) is 49.7 Å². The molecule has 21 heavy (non-hydrogen) atoms. The minimum absolute atomic E-state index is 0. The number of aliphatic carboxylic acids is 1. The third-order valence-corrected chi connectivity index (χ3v) is 3.05. The molecular formula is C14H27N2NaO4. The van der Waals surface area contributed by atoms with Gasteiger partial charge >= 0.3 is 35.5 Å². The fraction of sp³-hybridized carbons (Fsp3) is 0.786. The zero-order valence-corrected chi connectivity index (χ0v) is 15.2. The maximum absolute atomic E-state index is 11.5. The minimum Gasteiger partial charge on any atom is -1.00 e. The maximum atomic E-state index is 11.5. The summed E-state index contributed by atoms with van der Waals surface area (Å²) < 4.78 is 0. The number of carbonyl (C=O) groups is 3. The molecule has 0 unspecified atom stereocenters. The summed E-state index contributed by atoms with van der Waals surface area (Å²) in [7, 11) is 0. The normalized spacial score (nSPS) is 11.3. The van der Waals surface area contributed by atoms with Crippen molar-refractivity contribution in [3.63, 3.8) is 0 Å². The van der Waals surface area contributed by atoms with Crippen molar-refractivity contribution in [2.75, 3.05) is 0 Å². The molecule has 0 aliphatic rings. The molecule has 0 spiro atoms. The van der Waals surface area contributed by atoms with Gasteiger partial charge in [-0.3, -0.25) is 9.59 Å². The molecule has 7 heteroatoms. The van der Waals surface area contributed by atoms with Crippen molar-refractivity contribution in [3.8, 4) is 0 Å². The molecule has 0 aromatic carbocycles. The standard InChI is InChI=1S/C14H26N2O4.Na.H/c1-2-3-4-5-6-7-8-9-13(18)16-11(14(19)20)10-12(15)17;;/h11H,2-10H2,1H3,(H2,15,17)(H,16,18)(H,19,20);;/q;+1;-1/t11-;;/m0../s1. The smallest absolute Gasteiger partial charge is 1.00 e. The van der Waals surface area contributed by atoms with E-state index in [1.807, 2.05) is 0 Å². The number of carboxylic acid groups (broad SMARTS) is 1. The quantitative estimate of drug-likeness (QED) is 0.307. The van der Waals surface area contributed by atoms with Gasteiger partial charge in [-0.05, 0) is 6.42 Å². The average molecular weight is 310 g/mol. The summed E-state index contributed by atoms with van der Waals surface area (Å²) in [6.07, 6.45) is 7.56. The van der Waals surface area contributed by atoms with E-state index in [4.69, 9.17) is 10.8 Å². The number of amides is 2. The monoisotopic (exact) mass is 310 g/mol. The first-order valence-corrected chi connectivity index (χ1v) is 7.27. The van der Waals surface area contributed by atoms with E-state index >= 15 is 0 Å². The van der Waals surface area contributed by atoms with Crippen LogP contribution in [0.25, 0.3) is 0 Å². The van der Waals surface area contributed by atoms with Crippen molar-refractivity contribution >= 4 is 17.8 Å². The van der Waals surface area contributed by atoms with Crippen molar-refractivity contribution in [1.82, 2.24) is 5.32 Å². The second-order valence-corrected chi connectivity index (χ2v) is 5.00. The summed E-state index contributed by atoms with van der Waals surface area (Å²) in [5, 5.41) is 11.2. The van der Waals surface area contributed by atoms with Gasteiger partial charge in [0.2, 0.25) is 11.8 Å². The Hall–Kier alpha value is -0.590. The molecule has 6 nitrogen and oxygen atoms in total. The molecule has 0 saturated heterocycles. The molecule has 0 aromatic heterocycles. The molecule has 0 radical (unpaired) electrons. The first-order chi connectivity index (χ1) is 9.47. The van der Waals surface area contributed by atoms with Crippen molar-refractivity contribution in [2.24, 2.45) is 5.73 Å². The molecule has 0 aliphatic carbocycles. The maximum Gasteiger partial charge on any atom is 1.00 e. The fourth-order valence-corrected chi connectivity index (χ4v) is 1.91. The minimum atomic E-state index is -1.24. The van der Waals surface area contributed by atoms with Crippen LogP contribution in [0.5, 0.6) is 0 Å². The van der Waals surface area contributed by atoms with Crippen LogP contribution in [0, 0.1) is 0 Å². The molecule has 0 saturated carbocycles. The Morgan fingerprint density at radius 1 is 1.10 bits per heavy atom. The first kappa shape index (κ1) is 22.7. The molecule has 0 aromatic rings. The second kappa shape index (κ2) is 14.4. The van der Waals surface area contributed by atoms with E-state index in [1.54, 1.807) is 0 Å². The third kappa shape index (κ3) is 14.1. The number of hydrogen-bond acceptors (Lipinski definition) is 3. The van der Waals surface area contributed by atoms with Gasteiger partial charge in [0, 0.05) is 6.42 Å². The Balaban J connectivity index is -0.00000180. The SMILES string of the molecule is CCCCCCCCCC(=O)N[C@@H](CC(N)=O)C(=O)O.[H-].[Na+]. The van der Waals surface area contributed by atoms with Crippen LogP contribution < -0.4 is 40.6 Å². The largest absolute Gasteiger partial charge is 1.00 e. The predicted molar refractivity (Wildman–Crippen MR) is 77.1 cm³/mol. The van der Waals surface area contributed by atoms with E-state index in [0.717, 1.165) is 19.3 Å². The molecule has 0 bridgehead atoms. The number of rotatable bonds is 12. The Bertz CT molecular complexity index is 330. The topological polar surface area (TPSA) is 109 Å². The fourth-order valence-electron chi connectivity index (χ4n) is 1.91. The van der Waals surface area contributed by atoms with Gasteiger partial charge in [0.05, 0.1) is 6.42 Å². The summed E-state index contributed by atoms with van der Waals surface area (Å²) in [5.41, 5.74) is 4.93. The third-order valence-electron chi connectivity index (χ3n) is 3.05. The van der Waals surface area contributed by atoms with Crippen LogP contribution in [0.4, 0.5) is 0 Å². The van der Waals surface area contributed by atoms with Crippen molar-refractivity contribution in [1.29, 1.82) is 0 Å². The summed E-state index contributed by atoms with van der Waals surface area (Å²) in [5.74, 6) is -2.32. The van der Waals surface area contributed by atoms with Gasteiger partial charge in [-0.2, -0.15) is 0 Å². The second-order valence-electron chi connectivity index (χ2n) is 5.00. The van der Waals surface area contributed by atoms with Crippen LogP contribution in [0.15, 0.2) is 0 Å². The number of unbranched alkanes of at least 4 members (excludes halogenated alkanes) is 6. The molecule has 1 atom stereocenters. The van der Waals surface area contributed by atoms with Crippen molar-refractivity contribution in [2.45, 2.75) is 70.8 Å². The van der Waals surface area contributed by atoms with Gasteiger partial charge in [0.15, 0.2) is 0 Å². The Morgan fingerprint density at radius 2 is 1.62 bits per heavy atom. The molecule has 0 fully saturated rings. The van der Waals surface area contributed by atoms with Crippen molar-refractivity contribution in [3.05, 3.63) is 0 Å². The summed E-state index contributed by atoms with van der Waals surface area (Å²) >= 11 is 0. The average Bonchev–Trinajstić information content (AvgIpc) is 2.36. The molecule has 0 rings (SSSR count). The molecule has 0 heterocycles. The van der Waals surface area contributed by atoms with Gasteiger partial charge in [-0.25, -0.2) is 4.79 Å². The van der Waals surface area contributed by atoms with Crippen LogP contribution in [0.2, 0.25) is 0 Å². The Morgan fingerprint density at radius 3 is 2.10 bits per heavy atom. The number of nitrogens with two attached hydrogens (primary N) is 1. The van der Waals surface area contributed by atoms with Crippen LogP contribution in [0.1, 0.15) is 66.1 Å². The van der Waals surface area contributed by atoms with E-state index < -0.39 is 17.9 Å². The summed E-state index contributed by atoms with van der Waals surface area (Å²) in [4.78, 5) is 33.1. The van der Waals surface area contributed by atoms with E-state index in [0.29, 0.717) is 0 Å². The van der Waals surface area contributed by atoms with E-state index in [1.165, 1.54) is 25.7 Å². The Kier molecular flexibility index (Phi) is 15.5. The van der Waals surface area contributed by atoms with E-state index in [2.05, 4.69) is 12.2 Å². The van der Waals surface area contributed by atoms with Gasteiger partial charge in [-0.15, -0.1) is 0 Å². The molecule has 0 aliphatic heterocycles. The van der Waals surface area contributed by atoms with Gasteiger partial charge in [-0.1, -0.05) is 45.4 Å². The van der Waals surface area contributed by atoms with Crippen LogP contribution in [-0.2, 0) is 14.4 Å². The number of carbonyl (C=O) groups excluding carboxylic acids is 2. The summed E-state index contributed by atoms with van der Waals surface area (Å²) in [6.45, 7) is 2.16. The first-order valence-electron chi connectivity index (χ1n) is 7.27. The zero-order chi connectivity index (χ0) is 15.4.